The van der Waals surface area contributed by atoms with E-state index in [9.17, 15) is 4.79 Å². The summed E-state index contributed by atoms with van der Waals surface area (Å²) in [5, 5.41) is 3.47. The fourth-order valence-electron chi connectivity index (χ4n) is 3.48. The highest BCUT2D eigenvalue weighted by atomic mass is 16.5. The van der Waals surface area contributed by atoms with Gasteiger partial charge < -0.3 is 4.74 Å². The first-order valence-corrected chi connectivity index (χ1v) is 6.06. The van der Waals surface area contributed by atoms with E-state index in [-0.39, 0.29) is 23.0 Å². The summed E-state index contributed by atoms with van der Waals surface area (Å²) in [5.41, 5.74) is 0.0932. The number of carbonyl (C=O) groups is 1. The molecule has 3 nitrogen and oxygen atoms in total. The Morgan fingerprint density at radius 2 is 2.19 bits per heavy atom. The van der Waals surface area contributed by atoms with Gasteiger partial charge in [0, 0.05) is 11.0 Å². The van der Waals surface area contributed by atoms with E-state index in [1.165, 1.54) is 20.0 Å². The zero-order valence-electron chi connectivity index (χ0n) is 10.2. The number of hydrogen-bond acceptors (Lipinski definition) is 3. The Labute approximate surface area is 97.2 Å². The van der Waals surface area contributed by atoms with Gasteiger partial charge in [-0.15, -0.1) is 6.58 Å². The highest BCUT2D eigenvalue weighted by molar-refractivity contribution is 5.76. The molecule has 16 heavy (non-hydrogen) atoms. The maximum atomic E-state index is 11.6. The first kappa shape index (κ1) is 11.6. The molecule has 1 heterocycles. The van der Waals surface area contributed by atoms with Crippen LogP contribution in [0.3, 0.4) is 0 Å². The molecule has 2 rings (SSSR count). The molecule has 1 saturated heterocycles. The van der Waals surface area contributed by atoms with E-state index >= 15 is 0 Å². The minimum absolute atomic E-state index is 0.0197. The van der Waals surface area contributed by atoms with Gasteiger partial charge in [0.15, 0.2) is 0 Å². The van der Waals surface area contributed by atoms with E-state index in [0.29, 0.717) is 0 Å². The van der Waals surface area contributed by atoms with Crippen LogP contribution in [-0.4, -0.2) is 24.7 Å². The molecular weight excluding hydrogens is 202 g/mol. The lowest BCUT2D eigenvalue weighted by Gasteiger charge is -2.45. The second kappa shape index (κ2) is 3.88. The van der Waals surface area contributed by atoms with E-state index in [1.54, 1.807) is 0 Å². The molecule has 90 valence electrons. The molecule has 2 aliphatic rings. The van der Waals surface area contributed by atoms with Crippen molar-refractivity contribution in [3.05, 3.63) is 12.7 Å². The summed E-state index contributed by atoms with van der Waals surface area (Å²) in [7, 11) is 1.45. The summed E-state index contributed by atoms with van der Waals surface area (Å²) in [6.45, 7) is 6.21. The Bertz CT molecular complexity index is 315. The van der Waals surface area contributed by atoms with Crippen molar-refractivity contribution in [3.8, 4) is 0 Å². The lowest BCUT2D eigenvalue weighted by atomic mass is 9.62. The van der Waals surface area contributed by atoms with Gasteiger partial charge in [-0.1, -0.05) is 18.9 Å². The Kier molecular flexibility index (Phi) is 2.82. The zero-order valence-corrected chi connectivity index (χ0v) is 10.2. The highest BCUT2D eigenvalue weighted by Gasteiger charge is 2.55. The Morgan fingerprint density at radius 3 is 2.75 bits per heavy atom. The maximum Gasteiger partial charge on any atom is 0.322 e. The quantitative estimate of drug-likeness (QED) is 0.575. The standard InChI is InChI=1S/C13H21NO2/c1-4-13-8-6-5-7-12(13,2)14-10(9-13)11(15)16-3/h4,10,14H,1,5-9H2,2-3H3/t10-,12?,13?/m0/s1. The maximum absolute atomic E-state index is 11.6. The van der Waals surface area contributed by atoms with E-state index in [4.69, 9.17) is 4.74 Å². The number of nitrogens with one attached hydrogen (secondary N) is 1. The molecule has 0 radical (unpaired) electrons. The molecule has 2 unspecified atom stereocenters. The first-order valence-electron chi connectivity index (χ1n) is 6.06. The van der Waals surface area contributed by atoms with Gasteiger partial charge in [-0.25, -0.2) is 0 Å². The van der Waals surface area contributed by atoms with E-state index in [2.05, 4.69) is 24.9 Å². The molecule has 0 aromatic carbocycles. The molecule has 3 heteroatoms. The third-order valence-electron chi connectivity index (χ3n) is 4.59. The molecule has 0 aromatic heterocycles. The summed E-state index contributed by atoms with van der Waals surface area (Å²) in [6.07, 6.45) is 7.60. The molecule has 1 N–H and O–H groups in total. The van der Waals surface area contributed by atoms with Crippen LogP contribution in [0.15, 0.2) is 12.7 Å². The highest BCUT2D eigenvalue weighted by Crippen LogP contribution is 2.52. The molecule has 0 spiro atoms. The van der Waals surface area contributed by atoms with Gasteiger partial charge in [0.25, 0.3) is 0 Å². The van der Waals surface area contributed by atoms with Crippen LogP contribution < -0.4 is 5.32 Å². The minimum Gasteiger partial charge on any atom is -0.468 e. The third kappa shape index (κ3) is 1.49. The average molecular weight is 223 g/mol. The predicted molar refractivity (Wildman–Crippen MR) is 63.1 cm³/mol. The van der Waals surface area contributed by atoms with Crippen LogP contribution in [0.5, 0.6) is 0 Å². The minimum atomic E-state index is -0.161. The van der Waals surface area contributed by atoms with E-state index in [1.807, 2.05) is 0 Å². The van der Waals surface area contributed by atoms with Crippen LogP contribution >= 0.6 is 0 Å². The van der Waals surface area contributed by atoms with Crippen LogP contribution in [0.25, 0.3) is 0 Å². The van der Waals surface area contributed by atoms with Crippen LogP contribution in [-0.2, 0) is 9.53 Å². The number of rotatable bonds is 2. The summed E-state index contributed by atoms with van der Waals surface area (Å²) in [4.78, 5) is 11.6. The van der Waals surface area contributed by atoms with Crippen molar-refractivity contribution < 1.29 is 9.53 Å². The van der Waals surface area contributed by atoms with Gasteiger partial charge in [0.1, 0.15) is 6.04 Å². The van der Waals surface area contributed by atoms with Gasteiger partial charge in [0.05, 0.1) is 7.11 Å². The van der Waals surface area contributed by atoms with Crippen LogP contribution in [0.2, 0.25) is 0 Å². The second-order valence-electron chi connectivity index (χ2n) is 5.32. The molecule has 1 saturated carbocycles. The summed E-state index contributed by atoms with van der Waals surface area (Å²) in [5.74, 6) is -0.142. The van der Waals surface area contributed by atoms with Gasteiger partial charge in [0.2, 0.25) is 0 Å². The SMILES string of the molecule is C=CC12CCCCC1(C)N[C@H](C(=O)OC)C2. The molecule has 1 aliphatic carbocycles. The molecule has 0 amide bonds. The van der Waals surface area contributed by atoms with Gasteiger partial charge >= 0.3 is 5.97 Å². The first-order chi connectivity index (χ1) is 7.57. The molecule has 0 bridgehead atoms. The van der Waals surface area contributed by atoms with E-state index in [0.717, 1.165) is 19.3 Å². The summed E-state index contributed by atoms with van der Waals surface area (Å²) < 4.78 is 4.84. The Hall–Kier alpha value is -0.830. The van der Waals surface area contributed by atoms with Gasteiger partial charge in [-0.2, -0.15) is 0 Å². The average Bonchev–Trinajstić information content (AvgIpc) is 2.61. The fraction of sp³-hybridized carbons (Fsp3) is 0.769. The number of esters is 1. The monoisotopic (exact) mass is 223 g/mol. The summed E-state index contributed by atoms with van der Waals surface area (Å²) in [6, 6.07) is -0.161. The van der Waals surface area contributed by atoms with Crippen molar-refractivity contribution in [2.45, 2.75) is 50.6 Å². The lowest BCUT2D eigenvalue weighted by Crippen LogP contribution is -2.52. The number of fused-ring (bicyclic) bond motifs is 1. The van der Waals surface area contributed by atoms with Crippen molar-refractivity contribution in [1.82, 2.24) is 5.32 Å². The number of carbonyl (C=O) groups excluding carboxylic acids is 1. The summed E-state index contributed by atoms with van der Waals surface area (Å²) >= 11 is 0. The second-order valence-corrected chi connectivity index (χ2v) is 5.32. The van der Waals surface area contributed by atoms with Crippen molar-refractivity contribution in [1.29, 1.82) is 0 Å². The van der Waals surface area contributed by atoms with Crippen LogP contribution in [0.4, 0.5) is 0 Å². The zero-order chi connectivity index (χ0) is 11.8. The van der Waals surface area contributed by atoms with Gasteiger partial charge in [-0.05, 0) is 26.2 Å². The molecule has 2 fully saturated rings. The Balaban J connectivity index is 2.26. The van der Waals surface area contributed by atoms with Crippen molar-refractivity contribution in [3.63, 3.8) is 0 Å². The van der Waals surface area contributed by atoms with E-state index < -0.39 is 0 Å². The van der Waals surface area contributed by atoms with Crippen LogP contribution in [0, 0.1) is 5.41 Å². The van der Waals surface area contributed by atoms with Crippen molar-refractivity contribution >= 4 is 5.97 Å². The van der Waals surface area contributed by atoms with Crippen molar-refractivity contribution in [2.75, 3.05) is 7.11 Å². The molecule has 1 aliphatic heterocycles. The predicted octanol–water partition coefficient (Wildman–Crippen LogP) is 2.03. The Morgan fingerprint density at radius 1 is 1.50 bits per heavy atom. The van der Waals surface area contributed by atoms with Crippen molar-refractivity contribution in [2.24, 2.45) is 5.41 Å². The molecule has 0 aromatic rings. The smallest absolute Gasteiger partial charge is 0.322 e. The lowest BCUT2D eigenvalue weighted by molar-refractivity contribution is -0.142. The number of methoxy groups -OCH3 is 1. The topological polar surface area (TPSA) is 38.3 Å². The van der Waals surface area contributed by atoms with Crippen LogP contribution in [0.1, 0.15) is 39.0 Å². The van der Waals surface area contributed by atoms with Gasteiger partial charge in [-0.3, -0.25) is 10.1 Å². The number of ether oxygens (including phenoxy) is 1. The fourth-order valence-corrected chi connectivity index (χ4v) is 3.48. The molecular formula is C13H21NO2. The molecule has 3 atom stereocenters. The normalized spacial score (nSPS) is 42.5. The third-order valence-corrected chi connectivity index (χ3v) is 4.59. The largest absolute Gasteiger partial charge is 0.468 e. The number of hydrogen-bond donors (Lipinski definition) is 1.